The summed E-state index contributed by atoms with van der Waals surface area (Å²) in [5, 5.41) is 15.5. The monoisotopic (exact) mass is 522 g/mol. The second-order valence-electron chi connectivity index (χ2n) is 7.35. The molecule has 0 aliphatic carbocycles. The number of aromatic nitrogens is 3. The molecule has 2 aromatic heterocycles. The lowest BCUT2D eigenvalue weighted by atomic mass is 10.1. The van der Waals surface area contributed by atoms with Crippen molar-refractivity contribution in [3.63, 3.8) is 0 Å². The van der Waals surface area contributed by atoms with Crippen molar-refractivity contribution < 1.29 is 26.5 Å². The van der Waals surface area contributed by atoms with Crippen LogP contribution in [-0.4, -0.2) is 28.1 Å². The quantitative estimate of drug-likeness (QED) is 0.245. The number of nitrogens with zero attached hydrogens (tertiary/aromatic N) is 4. The molecule has 4 rings (SSSR count). The van der Waals surface area contributed by atoms with E-state index in [9.17, 15) is 31.7 Å². The minimum Gasteiger partial charge on any atom is -0.258 e. The van der Waals surface area contributed by atoms with Crippen LogP contribution in [-0.2, 0) is 21.8 Å². The number of pyridine rings is 1. The van der Waals surface area contributed by atoms with Crippen LogP contribution in [0.2, 0.25) is 5.02 Å². The van der Waals surface area contributed by atoms with Crippen molar-refractivity contribution in [3.05, 3.63) is 99.3 Å². The summed E-state index contributed by atoms with van der Waals surface area (Å²) in [5.41, 5.74) is -0.804. The lowest BCUT2D eigenvalue weighted by molar-refractivity contribution is -0.385. The smallest absolute Gasteiger partial charge is 0.258 e. The van der Waals surface area contributed by atoms with Gasteiger partial charge in [0.2, 0.25) is 0 Å². The second-order valence-corrected chi connectivity index (χ2v) is 9.74. The van der Waals surface area contributed by atoms with Crippen molar-refractivity contribution in [1.82, 2.24) is 14.8 Å². The zero-order valence-electron chi connectivity index (χ0n) is 17.5. The Labute approximate surface area is 201 Å². The molecule has 2 heterocycles. The molecule has 0 saturated carbocycles. The topological polar surface area (TPSA) is 108 Å². The summed E-state index contributed by atoms with van der Waals surface area (Å²) >= 11 is 5.97. The maximum absolute atomic E-state index is 12.9. The highest BCUT2D eigenvalue weighted by Crippen LogP contribution is 2.33. The van der Waals surface area contributed by atoms with Crippen LogP contribution in [0.25, 0.3) is 17.1 Å². The van der Waals surface area contributed by atoms with E-state index in [2.05, 4.69) is 10.1 Å². The van der Waals surface area contributed by atoms with E-state index in [1.165, 1.54) is 42.6 Å². The van der Waals surface area contributed by atoms with Gasteiger partial charge in [-0.05, 0) is 36.4 Å². The van der Waals surface area contributed by atoms with Crippen LogP contribution >= 0.6 is 11.6 Å². The Morgan fingerprint density at radius 1 is 1.06 bits per heavy atom. The van der Waals surface area contributed by atoms with Gasteiger partial charge in [-0.3, -0.25) is 10.1 Å². The maximum atomic E-state index is 12.9. The Hall–Kier alpha value is -3.77. The van der Waals surface area contributed by atoms with Gasteiger partial charge >= 0.3 is 6.18 Å². The van der Waals surface area contributed by atoms with Gasteiger partial charge in [-0.1, -0.05) is 29.8 Å². The van der Waals surface area contributed by atoms with Gasteiger partial charge in [-0.25, -0.2) is 18.1 Å². The average Bonchev–Trinajstić information content (AvgIpc) is 3.28. The molecule has 0 amide bonds. The molecule has 4 aromatic rings. The summed E-state index contributed by atoms with van der Waals surface area (Å²) < 4.78 is 65.4. The van der Waals surface area contributed by atoms with Crippen molar-refractivity contribution in [1.29, 1.82) is 0 Å². The fourth-order valence-corrected chi connectivity index (χ4v) is 4.94. The second kappa shape index (κ2) is 9.12. The van der Waals surface area contributed by atoms with E-state index in [0.717, 1.165) is 10.7 Å². The van der Waals surface area contributed by atoms with Crippen molar-refractivity contribution in [2.24, 2.45) is 0 Å². The van der Waals surface area contributed by atoms with Crippen LogP contribution in [0.5, 0.6) is 0 Å². The number of benzene rings is 2. The Bertz CT molecular complexity index is 1520. The van der Waals surface area contributed by atoms with Crippen LogP contribution in [0.4, 0.5) is 18.9 Å². The zero-order chi connectivity index (χ0) is 25.4. The van der Waals surface area contributed by atoms with Gasteiger partial charge in [0.15, 0.2) is 15.7 Å². The molecule has 2 aromatic carbocycles. The number of alkyl halides is 3. The third-order valence-electron chi connectivity index (χ3n) is 4.97. The largest absolute Gasteiger partial charge is 0.417 e. The predicted molar refractivity (Wildman–Crippen MR) is 121 cm³/mol. The number of nitro groups is 1. The van der Waals surface area contributed by atoms with E-state index in [1.54, 1.807) is 18.2 Å². The van der Waals surface area contributed by atoms with E-state index in [4.69, 9.17) is 11.6 Å². The average molecular weight is 523 g/mol. The molecule has 0 saturated heterocycles. The minimum atomic E-state index is -4.61. The van der Waals surface area contributed by atoms with Crippen molar-refractivity contribution in [3.8, 4) is 17.1 Å². The SMILES string of the molecule is O=[N+]([O-])c1ccc(-c2ccn(-c3ncc(C(F)(F)F)cc3Cl)n2)cc1CS(=O)(=O)c1ccccc1. The minimum absolute atomic E-state index is 0.0204. The Morgan fingerprint density at radius 2 is 1.77 bits per heavy atom. The molecule has 0 bridgehead atoms. The molecule has 180 valence electrons. The molecule has 0 spiro atoms. The molecule has 35 heavy (non-hydrogen) atoms. The number of rotatable bonds is 6. The zero-order valence-corrected chi connectivity index (χ0v) is 19.0. The number of hydrogen-bond acceptors (Lipinski definition) is 6. The van der Waals surface area contributed by atoms with Gasteiger partial charge in [0.25, 0.3) is 5.69 Å². The number of halogens is 4. The van der Waals surface area contributed by atoms with Crippen molar-refractivity contribution in [2.45, 2.75) is 16.8 Å². The van der Waals surface area contributed by atoms with Crippen LogP contribution < -0.4 is 0 Å². The van der Waals surface area contributed by atoms with Crippen LogP contribution in [0.1, 0.15) is 11.1 Å². The maximum Gasteiger partial charge on any atom is 0.417 e. The predicted octanol–water partition coefficient (Wildman–Crippen LogP) is 5.49. The highest BCUT2D eigenvalue weighted by molar-refractivity contribution is 7.90. The van der Waals surface area contributed by atoms with Gasteiger partial charge in [0.1, 0.15) is 0 Å². The molecular weight excluding hydrogens is 509 g/mol. The fourth-order valence-electron chi connectivity index (χ4n) is 3.30. The summed E-state index contributed by atoms with van der Waals surface area (Å²) in [6.45, 7) is 0. The molecule has 13 heteroatoms. The molecule has 8 nitrogen and oxygen atoms in total. The molecule has 0 aliphatic heterocycles. The lowest BCUT2D eigenvalue weighted by Gasteiger charge is -2.09. The standard InChI is InChI=1S/C22H14ClF3N4O4S/c23-18-11-16(22(24,25)26)12-27-21(18)29-9-8-19(28-29)14-6-7-20(30(31)32)15(10-14)13-35(33,34)17-4-2-1-3-5-17/h1-12H,13H2. The third kappa shape index (κ3) is 5.17. The summed E-state index contributed by atoms with van der Waals surface area (Å²) in [5.74, 6) is -0.673. The molecule has 0 radical (unpaired) electrons. The van der Waals surface area contributed by atoms with E-state index in [0.29, 0.717) is 11.8 Å². The normalized spacial score (nSPS) is 12.0. The van der Waals surface area contributed by atoms with E-state index >= 15 is 0 Å². The molecule has 0 unspecified atom stereocenters. The Kier molecular flexibility index (Phi) is 6.34. The van der Waals surface area contributed by atoms with E-state index in [-0.39, 0.29) is 32.7 Å². The van der Waals surface area contributed by atoms with E-state index < -0.39 is 32.3 Å². The first-order valence-corrected chi connectivity index (χ1v) is 11.8. The fraction of sp³-hybridized carbons (Fsp3) is 0.0909. The number of nitro benzene ring substituents is 1. The van der Waals surface area contributed by atoms with Crippen LogP contribution in [0.3, 0.4) is 0 Å². The Morgan fingerprint density at radius 3 is 2.40 bits per heavy atom. The van der Waals surface area contributed by atoms with Crippen LogP contribution in [0, 0.1) is 10.1 Å². The number of hydrogen-bond donors (Lipinski definition) is 0. The first kappa shape index (κ1) is 24.4. The summed E-state index contributed by atoms with van der Waals surface area (Å²) in [4.78, 5) is 14.6. The molecule has 0 aliphatic rings. The third-order valence-corrected chi connectivity index (χ3v) is 6.93. The summed E-state index contributed by atoms with van der Waals surface area (Å²) in [7, 11) is -3.88. The molecule has 0 fully saturated rings. The molecule has 0 N–H and O–H groups in total. The summed E-state index contributed by atoms with van der Waals surface area (Å²) in [6, 6.07) is 13.7. The highest BCUT2D eigenvalue weighted by Gasteiger charge is 2.32. The van der Waals surface area contributed by atoms with Crippen molar-refractivity contribution in [2.75, 3.05) is 0 Å². The van der Waals surface area contributed by atoms with Crippen LogP contribution in [0.15, 0.2) is 78.0 Å². The first-order valence-electron chi connectivity index (χ1n) is 9.80. The van der Waals surface area contributed by atoms with Gasteiger partial charge in [0, 0.05) is 29.6 Å². The lowest BCUT2D eigenvalue weighted by Crippen LogP contribution is -2.08. The number of sulfone groups is 1. The van der Waals surface area contributed by atoms with Crippen molar-refractivity contribution >= 4 is 27.1 Å². The van der Waals surface area contributed by atoms with E-state index in [1.807, 2.05) is 0 Å². The molecule has 0 atom stereocenters. The van der Waals surface area contributed by atoms with Gasteiger partial charge in [-0.15, -0.1) is 0 Å². The van der Waals surface area contributed by atoms with Gasteiger partial charge < -0.3 is 0 Å². The Balaban J connectivity index is 1.70. The van der Waals surface area contributed by atoms with Gasteiger partial charge in [0.05, 0.1) is 31.9 Å². The van der Waals surface area contributed by atoms with Gasteiger partial charge in [-0.2, -0.15) is 18.3 Å². The molecular formula is C22H14ClF3N4O4S. The highest BCUT2D eigenvalue weighted by atomic mass is 35.5. The first-order chi connectivity index (χ1) is 16.5. The summed E-state index contributed by atoms with van der Waals surface area (Å²) in [6.07, 6.45) is -2.58.